The van der Waals surface area contributed by atoms with Gasteiger partial charge in [-0.3, -0.25) is 0 Å². The van der Waals surface area contributed by atoms with Crippen LogP contribution in [0.15, 0.2) is 0 Å². The van der Waals surface area contributed by atoms with Crippen molar-refractivity contribution in [2.75, 3.05) is 6.54 Å². The molecule has 0 spiro atoms. The second-order valence-corrected chi connectivity index (χ2v) is 6.77. The molecule has 1 aliphatic carbocycles. The molecule has 0 bridgehead atoms. The summed E-state index contributed by atoms with van der Waals surface area (Å²) in [5.41, 5.74) is 5.66. The number of hydrogen-bond donors (Lipinski definition) is 1. The lowest BCUT2D eigenvalue weighted by Crippen LogP contribution is -2.14. The quantitative estimate of drug-likeness (QED) is 0.528. The van der Waals surface area contributed by atoms with Crippen molar-refractivity contribution in [3.05, 3.63) is 0 Å². The van der Waals surface area contributed by atoms with E-state index < -0.39 is 0 Å². The molecule has 1 fully saturated rings. The average molecular weight is 270 g/mol. The van der Waals surface area contributed by atoms with Crippen LogP contribution in [0.25, 0.3) is 0 Å². The van der Waals surface area contributed by atoms with Crippen LogP contribution in [0.4, 0.5) is 0 Å². The minimum absolute atomic E-state index is 0.793. The third kappa shape index (κ3) is 11.5. The maximum atomic E-state index is 5.66. The maximum absolute atomic E-state index is 5.66. The van der Waals surface area contributed by atoms with Crippen molar-refractivity contribution in [1.29, 1.82) is 0 Å². The summed E-state index contributed by atoms with van der Waals surface area (Å²) in [6.45, 7) is 9.87. The van der Waals surface area contributed by atoms with Crippen molar-refractivity contribution in [2.24, 2.45) is 23.5 Å². The predicted molar refractivity (Wildman–Crippen MR) is 88.4 cm³/mol. The highest BCUT2D eigenvalue weighted by molar-refractivity contribution is 4.69. The third-order valence-corrected chi connectivity index (χ3v) is 4.48. The van der Waals surface area contributed by atoms with Crippen LogP contribution in [0.5, 0.6) is 0 Å². The van der Waals surface area contributed by atoms with E-state index in [0.29, 0.717) is 0 Å². The Balaban J connectivity index is 0.000000459. The van der Waals surface area contributed by atoms with E-state index in [1.807, 2.05) is 0 Å². The summed E-state index contributed by atoms with van der Waals surface area (Å²) in [7, 11) is 0. The van der Waals surface area contributed by atoms with Crippen molar-refractivity contribution in [3.8, 4) is 0 Å². The van der Waals surface area contributed by atoms with Gasteiger partial charge in [-0.2, -0.15) is 0 Å². The van der Waals surface area contributed by atoms with Gasteiger partial charge < -0.3 is 5.73 Å². The van der Waals surface area contributed by atoms with Crippen LogP contribution in [-0.4, -0.2) is 6.54 Å². The summed E-state index contributed by atoms with van der Waals surface area (Å²) < 4.78 is 0. The highest BCUT2D eigenvalue weighted by Gasteiger charge is 2.16. The van der Waals surface area contributed by atoms with Crippen LogP contribution in [0.1, 0.15) is 91.9 Å². The van der Waals surface area contributed by atoms with E-state index in [1.54, 1.807) is 0 Å². The SMILES string of the molecule is CCC(CN)CCCCC1CCC1.CCCC(C)C. The van der Waals surface area contributed by atoms with Crippen molar-refractivity contribution in [2.45, 2.75) is 91.9 Å². The average Bonchev–Trinajstić information content (AvgIpc) is 2.32. The summed E-state index contributed by atoms with van der Waals surface area (Å²) >= 11 is 0. The van der Waals surface area contributed by atoms with Crippen LogP contribution >= 0.6 is 0 Å². The first-order chi connectivity index (χ1) is 9.13. The Morgan fingerprint density at radius 1 is 1.05 bits per heavy atom. The molecule has 0 aromatic carbocycles. The first kappa shape index (κ1) is 19.0. The highest BCUT2D eigenvalue weighted by atomic mass is 14.5. The lowest BCUT2D eigenvalue weighted by molar-refractivity contribution is 0.283. The molecule has 0 saturated heterocycles. The fourth-order valence-corrected chi connectivity index (χ4v) is 2.71. The lowest BCUT2D eigenvalue weighted by Gasteiger charge is -2.25. The zero-order chi connectivity index (χ0) is 14.5. The van der Waals surface area contributed by atoms with Crippen LogP contribution in [-0.2, 0) is 0 Å². The van der Waals surface area contributed by atoms with Gasteiger partial charge in [-0.1, -0.05) is 85.5 Å². The molecule has 2 N–H and O–H groups in total. The van der Waals surface area contributed by atoms with E-state index in [4.69, 9.17) is 5.73 Å². The molecular weight excluding hydrogens is 230 g/mol. The number of hydrogen-bond acceptors (Lipinski definition) is 1. The summed E-state index contributed by atoms with van der Waals surface area (Å²) in [6, 6.07) is 0. The number of nitrogens with two attached hydrogens (primary N) is 1. The second-order valence-electron chi connectivity index (χ2n) is 6.77. The topological polar surface area (TPSA) is 26.0 Å². The fraction of sp³-hybridized carbons (Fsp3) is 1.00. The first-order valence-corrected chi connectivity index (χ1v) is 8.83. The molecule has 0 radical (unpaired) electrons. The second kappa shape index (κ2) is 13.0. The van der Waals surface area contributed by atoms with Gasteiger partial charge in [0, 0.05) is 0 Å². The summed E-state index contributed by atoms with van der Waals surface area (Å²) in [4.78, 5) is 0. The van der Waals surface area contributed by atoms with Gasteiger partial charge in [0.05, 0.1) is 0 Å². The molecule has 0 aromatic rings. The van der Waals surface area contributed by atoms with Gasteiger partial charge in [-0.15, -0.1) is 0 Å². The van der Waals surface area contributed by atoms with Crippen LogP contribution in [0.2, 0.25) is 0 Å². The van der Waals surface area contributed by atoms with Crippen LogP contribution in [0, 0.1) is 17.8 Å². The Morgan fingerprint density at radius 3 is 2.05 bits per heavy atom. The van der Waals surface area contributed by atoms with Crippen molar-refractivity contribution < 1.29 is 0 Å². The minimum atomic E-state index is 0.793. The highest BCUT2D eigenvalue weighted by Crippen LogP contribution is 2.31. The number of unbranched alkanes of at least 4 members (excludes halogenated alkanes) is 1. The normalized spacial score (nSPS) is 16.7. The molecule has 1 unspecified atom stereocenters. The van der Waals surface area contributed by atoms with E-state index in [1.165, 1.54) is 64.2 Å². The van der Waals surface area contributed by atoms with Gasteiger partial charge in [-0.25, -0.2) is 0 Å². The molecular formula is C18H39N. The summed E-state index contributed by atoms with van der Waals surface area (Å²) in [5.74, 6) is 2.79. The Labute approximate surface area is 122 Å². The summed E-state index contributed by atoms with van der Waals surface area (Å²) in [5, 5.41) is 0. The van der Waals surface area contributed by atoms with Gasteiger partial charge in [0.25, 0.3) is 0 Å². The van der Waals surface area contributed by atoms with Gasteiger partial charge in [0.2, 0.25) is 0 Å². The number of rotatable bonds is 9. The van der Waals surface area contributed by atoms with E-state index in [9.17, 15) is 0 Å². The minimum Gasteiger partial charge on any atom is -0.330 e. The van der Waals surface area contributed by atoms with E-state index >= 15 is 0 Å². The van der Waals surface area contributed by atoms with Gasteiger partial charge in [-0.05, 0) is 30.7 Å². The van der Waals surface area contributed by atoms with E-state index in [-0.39, 0.29) is 0 Å². The van der Waals surface area contributed by atoms with Crippen molar-refractivity contribution >= 4 is 0 Å². The Hall–Kier alpha value is -0.0400. The molecule has 1 rings (SSSR count). The smallest absolute Gasteiger partial charge is 0.00490 e. The van der Waals surface area contributed by atoms with Crippen molar-refractivity contribution in [1.82, 2.24) is 0 Å². The molecule has 19 heavy (non-hydrogen) atoms. The van der Waals surface area contributed by atoms with E-state index in [0.717, 1.165) is 24.3 Å². The lowest BCUT2D eigenvalue weighted by atomic mass is 9.81. The van der Waals surface area contributed by atoms with Crippen LogP contribution in [0.3, 0.4) is 0 Å². The van der Waals surface area contributed by atoms with Gasteiger partial charge >= 0.3 is 0 Å². The molecule has 1 aliphatic rings. The maximum Gasteiger partial charge on any atom is -0.00490 e. The summed E-state index contributed by atoms with van der Waals surface area (Å²) in [6.07, 6.45) is 14.2. The molecule has 1 atom stereocenters. The van der Waals surface area contributed by atoms with Crippen LogP contribution < -0.4 is 5.73 Å². The third-order valence-electron chi connectivity index (χ3n) is 4.48. The molecule has 0 aromatic heterocycles. The standard InChI is InChI=1S/C12H25N.C6H14/c1-2-11(10-13)6-3-4-7-12-8-5-9-12;1-4-5-6(2)3/h11-12H,2-10,13H2,1H3;6H,4-5H2,1-3H3. The molecule has 0 heterocycles. The largest absolute Gasteiger partial charge is 0.330 e. The zero-order valence-electron chi connectivity index (χ0n) is 14.1. The van der Waals surface area contributed by atoms with Crippen molar-refractivity contribution in [3.63, 3.8) is 0 Å². The Kier molecular flexibility index (Phi) is 12.9. The van der Waals surface area contributed by atoms with Gasteiger partial charge in [0.15, 0.2) is 0 Å². The zero-order valence-corrected chi connectivity index (χ0v) is 14.1. The Bertz CT molecular complexity index is 169. The molecule has 1 heteroatoms. The molecule has 116 valence electrons. The fourth-order valence-electron chi connectivity index (χ4n) is 2.71. The molecule has 0 amide bonds. The van der Waals surface area contributed by atoms with Gasteiger partial charge in [0.1, 0.15) is 0 Å². The van der Waals surface area contributed by atoms with E-state index in [2.05, 4.69) is 27.7 Å². The predicted octanol–water partition coefficient (Wildman–Crippen LogP) is 5.77. The molecule has 0 aliphatic heterocycles. The molecule has 1 nitrogen and oxygen atoms in total. The first-order valence-electron chi connectivity index (χ1n) is 8.83. The monoisotopic (exact) mass is 269 g/mol. The molecule has 1 saturated carbocycles. The Morgan fingerprint density at radius 2 is 1.74 bits per heavy atom.